The van der Waals surface area contributed by atoms with Crippen LogP contribution in [0.4, 0.5) is 0 Å². The first-order valence-electron chi connectivity index (χ1n) is 5.38. The van der Waals surface area contributed by atoms with Crippen molar-refractivity contribution in [2.24, 2.45) is 11.8 Å². The van der Waals surface area contributed by atoms with Gasteiger partial charge in [0.15, 0.2) is 0 Å². The fourth-order valence-corrected chi connectivity index (χ4v) is 2.11. The van der Waals surface area contributed by atoms with E-state index < -0.39 is 5.97 Å². The average molecular weight is 247 g/mol. The molecule has 4 nitrogen and oxygen atoms in total. The molecule has 16 heavy (non-hydrogen) atoms. The van der Waals surface area contributed by atoms with Crippen molar-refractivity contribution in [1.82, 2.24) is 4.90 Å². The van der Waals surface area contributed by atoms with E-state index in [2.05, 4.69) is 0 Å². The van der Waals surface area contributed by atoms with Gasteiger partial charge in [-0.25, -0.2) is 0 Å². The van der Waals surface area contributed by atoms with E-state index in [0.29, 0.717) is 6.54 Å². The van der Waals surface area contributed by atoms with Crippen LogP contribution in [0.15, 0.2) is 0 Å². The van der Waals surface area contributed by atoms with E-state index in [-0.39, 0.29) is 24.3 Å². The Morgan fingerprint density at radius 2 is 1.88 bits per heavy atom. The summed E-state index contributed by atoms with van der Waals surface area (Å²) >= 11 is 1.60. The van der Waals surface area contributed by atoms with E-state index >= 15 is 0 Å². The van der Waals surface area contributed by atoms with Crippen molar-refractivity contribution in [2.45, 2.75) is 20.8 Å². The van der Waals surface area contributed by atoms with E-state index in [1.54, 1.807) is 11.8 Å². The van der Waals surface area contributed by atoms with Crippen molar-refractivity contribution in [1.29, 1.82) is 0 Å². The third-order valence-corrected chi connectivity index (χ3v) is 2.89. The number of carboxylic acids is 1. The second-order valence-electron chi connectivity index (χ2n) is 4.36. The van der Waals surface area contributed by atoms with Crippen LogP contribution < -0.4 is 0 Å². The molecule has 0 radical (unpaired) electrons. The van der Waals surface area contributed by atoms with Crippen molar-refractivity contribution in [3.63, 3.8) is 0 Å². The summed E-state index contributed by atoms with van der Waals surface area (Å²) in [6, 6.07) is 0. The van der Waals surface area contributed by atoms with E-state index in [1.807, 2.05) is 27.0 Å². The zero-order chi connectivity index (χ0) is 12.7. The highest BCUT2D eigenvalue weighted by atomic mass is 32.2. The van der Waals surface area contributed by atoms with Crippen LogP contribution in [0.1, 0.15) is 20.8 Å². The molecule has 0 heterocycles. The van der Waals surface area contributed by atoms with Crippen LogP contribution in [0.5, 0.6) is 0 Å². The molecule has 0 aliphatic heterocycles. The molecule has 0 aliphatic carbocycles. The Kier molecular flexibility index (Phi) is 7.21. The molecule has 0 aliphatic rings. The highest BCUT2D eigenvalue weighted by molar-refractivity contribution is 7.98. The molecule has 0 rings (SSSR count). The summed E-state index contributed by atoms with van der Waals surface area (Å²) in [5.74, 6) is -0.124. The molecule has 0 bridgehead atoms. The van der Waals surface area contributed by atoms with Gasteiger partial charge in [0.1, 0.15) is 6.54 Å². The summed E-state index contributed by atoms with van der Waals surface area (Å²) in [5.41, 5.74) is 0. The summed E-state index contributed by atoms with van der Waals surface area (Å²) in [5, 5.41) is 8.76. The van der Waals surface area contributed by atoms with E-state index in [0.717, 1.165) is 5.75 Å². The molecule has 0 aromatic heterocycles. The van der Waals surface area contributed by atoms with Gasteiger partial charge in [0, 0.05) is 18.2 Å². The lowest BCUT2D eigenvalue weighted by molar-refractivity contribution is -0.146. The number of rotatable bonds is 7. The van der Waals surface area contributed by atoms with Gasteiger partial charge < -0.3 is 10.0 Å². The van der Waals surface area contributed by atoms with Crippen LogP contribution in [0.25, 0.3) is 0 Å². The normalized spacial score (nSPS) is 12.6. The Hall–Kier alpha value is -0.710. The van der Waals surface area contributed by atoms with Crippen LogP contribution in [-0.2, 0) is 9.59 Å². The van der Waals surface area contributed by atoms with Gasteiger partial charge in [-0.15, -0.1) is 0 Å². The monoisotopic (exact) mass is 247 g/mol. The highest BCUT2D eigenvalue weighted by Gasteiger charge is 2.22. The molecule has 0 aromatic rings. The number of hydrogen-bond acceptors (Lipinski definition) is 3. The first-order chi connectivity index (χ1) is 7.38. The number of carboxylic acid groups (broad SMARTS) is 1. The van der Waals surface area contributed by atoms with E-state index in [1.165, 1.54) is 4.90 Å². The van der Waals surface area contributed by atoms with Gasteiger partial charge in [0.2, 0.25) is 5.91 Å². The molecular formula is C11H21NO3S. The van der Waals surface area contributed by atoms with E-state index in [4.69, 9.17) is 5.11 Å². The quantitative estimate of drug-likeness (QED) is 0.741. The number of thioether (sulfide) groups is 1. The molecule has 0 saturated heterocycles. The predicted octanol–water partition coefficient (Wildman–Crippen LogP) is 1.55. The smallest absolute Gasteiger partial charge is 0.323 e. The van der Waals surface area contributed by atoms with Crippen molar-refractivity contribution in [3.05, 3.63) is 0 Å². The maximum Gasteiger partial charge on any atom is 0.323 e. The second-order valence-corrected chi connectivity index (χ2v) is 5.27. The number of hydrogen-bond donors (Lipinski definition) is 1. The molecular weight excluding hydrogens is 226 g/mol. The molecule has 1 atom stereocenters. The molecule has 0 fully saturated rings. The van der Waals surface area contributed by atoms with E-state index in [9.17, 15) is 9.59 Å². The van der Waals surface area contributed by atoms with Gasteiger partial charge >= 0.3 is 5.97 Å². The standard InChI is InChI=1S/C11H21NO3S/c1-8(2)5-12(6-10(13)14)11(15)9(3)7-16-4/h8-9H,5-7H2,1-4H3,(H,13,14). The summed E-state index contributed by atoms with van der Waals surface area (Å²) in [4.78, 5) is 24.1. The van der Waals surface area contributed by atoms with Crippen molar-refractivity contribution < 1.29 is 14.7 Å². The summed E-state index contributed by atoms with van der Waals surface area (Å²) in [7, 11) is 0. The largest absolute Gasteiger partial charge is 0.480 e. The third-order valence-electron chi connectivity index (χ3n) is 2.06. The maximum atomic E-state index is 12.0. The third kappa shape index (κ3) is 6.00. The molecule has 5 heteroatoms. The Bertz CT molecular complexity index is 243. The molecule has 1 unspecified atom stereocenters. The fraction of sp³-hybridized carbons (Fsp3) is 0.818. The number of carbonyl (C=O) groups is 2. The van der Waals surface area contributed by atoms with Crippen LogP contribution >= 0.6 is 11.8 Å². The van der Waals surface area contributed by atoms with Crippen LogP contribution in [0.3, 0.4) is 0 Å². The minimum atomic E-state index is -0.953. The Morgan fingerprint density at radius 1 is 1.31 bits per heavy atom. The SMILES string of the molecule is CSCC(C)C(=O)N(CC(=O)O)CC(C)C. The Morgan fingerprint density at radius 3 is 2.25 bits per heavy atom. The van der Waals surface area contributed by atoms with Crippen LogP contribution in [-0.4, -0.2) is 47.0 Å². The topological polar surface area (TPSA) is 57.6 Å². The van der Waals surface area contributed by atoms with Gasteiger partial charge in [-0.1, -0.05) is 20.8 Å². The molecule has 94 valence electrons. The van der Waals surface area contributed by atoms with Gasteiger partial charge in [-0.05, 0) is 12.2 Å². The summed E-state index contributed by atoms with van der Waals surface area (Å²) in [6.07, 6.45) is 1.94. The van der Waals surface area contributed by atoms with Gasteiger partial charge in [-0.3, -0.25) is 9.59 Å². The van der Waals surface area contributed by atoms with Crippen LogP contribution in [0, 0.1) is 11.8 Å². The zero-order valence-corrected chi connectivity index (χ0v) is 11.2. The van der Waals surface area contributed by atoms with Gasteiger partial charge in [0.25, 0.3) is 0 Å². The molecule has 0 aromatic carbocycles. The number of nitrogens with zero attached hydrogens (tertiary/aromatic N) is 1. The summed E-state index contributed by atoms with van der Waals surface area (Å²) < 4.78 is 0. The Labute approximate surface area is 101 Å². The van der Waals surface area contributed by atoms with Gasteiger partial charge in [-0.2, -0.15) is 11.8 Å². The van der Waals surface area contributed by atoms with Crippen LogP contribution in [0.2, 0.25) is 0 Å². The zero-order valence-electron chi connectivity index (χ0n) is 10.4. The van der Waals surface area contributed by atoms with Crippen molar-refractivity contribution in [3.8, 4) is 0 Å². The lowest BCUT2D eigenvalue weighted by Gasteiger charge is -2.25. The lowest BCUT2D eigenvalue weighted by atomic mass is 10.1. The fourth-order valence-electron chi connectivity index (χ4n) is 1.47. The van der Waals surface area contributed by atoms with Crippen molar-refractivity contribution >= 4 is 23.6 Å². The first kappa shape index (κ1) is 15.3. The van der Waals surface area contributed by atoms with Crippen molar-refractivity contribution in [2.75, 3.05) is 25.1 Å². The first-order valence-corrected chi connectivity index (χ1v) is 6.77. The minimum Gasteiger partial charge on any atom is -0.480 e. The minimum absolute atomic E-state index is 0.0644. The Balaban J connectivity index is 4.48. The predicted molar refractivity (Wildman–Crippen MR) is 66.6 cm³/mol. The molecule has 1 amide bonds. The average Bonchev–Trinajstić information content (AvgIpc) is 2.14. The number of carbonyl (C=O) groups excluding carboxylic acids is 1. The number of aliphatic carboxylic acids is 1. The molecule has 0 saturated carbocycles. The second kappa shape index (κ2) is 7.54. The van der Waals surface area contributed by atoms with Gasteiger partial charge in [0.05, 0.1) is 0 Å². The lowest BCUT2D eigenvalue weighted by Crippen LogP contribution is -2.41. The summed E-state index contributed by atoms with van der Waals surface area (Å²) in [6.45, 7) is 6.09. The molecule has 1 N–H and O–H groups in total. The maximum absolute atomic E-state index is 12.0. The number of amides is 1. The highest BCUT2D eigenvalue weighted by Crippen LogP contribution is 2.10. The molecule has 0 spiro atoms.